The molecule has 0 atom stereocenters. The third-order valence-electron chi connectivity index (χ3n) is 1.77. The number of nitrogens with two attached hydrogens (primary N) is 1. The maximum Gasteiger partial charge on any atom is 0.223 e. The number of aromatic nitrogens is 1. The summed E-state index contributed by atoms with van der Waals surface area (Å²) in [4.78, 5) is 4.36. The second-order valence-electron chi connectivity index (χ2n) is 2.92. The van der Waals surface area contributed by atoms with Crippen LogP contribution in [-0.2, 0) is 4.74 Å². The Kier molecular flexibility index (Phi) is 5.00. The highest BCUT2D eigenvalue weighted by molar-refractivity contribution is 7.80. The van der Waals surface area contributed by atoms with Gasteiger partial charge in [0.05, 0.1) is 12.2 Å². The highest BCUT2D eigenvalue weighted by Crippen LogP contribution is 2.13. The lowest BCUT2D eigenvalue weighted by molar-refractivity contribution is 0.170. The van der Waals surface area contributed by atoms with Gasteiger partial charge in [-0.15, -0.1) is 0 Å². The van der Waals surface area contributed by atoms with Crippen molar-refractivity contribution in [3.63, 3.8) is 0 Å². The zero-order chi connectivity index (χ0) is 11.1. The van der Waals surface area contributed by atoms with Crippen molar-refractivity contribution < 1.29 is 9.47 Å². The molecule has 1 aromatic heterocycles. The first-order valence-electron chi connectivity index (χ1n) is 4.62. The smallest absolute Gasteiger partial charge is 0.223 e. The van der Waals surface area contributed by atoms with Crippen LogP contribution in [0.1, 0.15) is 12.0 Å². The minimum atomic E-state index is 0.296. The topological polar surface area (TPSA) is 57.4 Å². The van der Waals surface area contributed by atoms with E-state index in [1.54, 1.807) is 25.4 Å². The van der Waals surface area contributed by atoms with Crippen LogP contribution in [0.2, 0.25) is 0 Å². The van der Waals surface area contributed by atoms with Gasteiger partial charge in [-0.3, -0.25) is 0 Å². The van der Waals surface area contributed by atoms with E-state index in [9.17, 15) is 0 Å². The molecule has 0 aliphatic carbocycles. The Morgan fingerprint density at radius 2 is 2.33 bits per heavy atom. The van der Waals surface area contributed by atoms with Crippen LogP contribution >= 0.6 is 12.2 Å². The molecule has 0 bridgehead atoms. The van der Waals surface area contributed by atoms with E-state index in [1.165, 1.54) is 0 Å². The molecular formula is C10H14N2O2S. The largest absolute Gasteiger partial charge is 0.477 e. The van der Waals surface area contributed by atoms with Crippen molar-refractivity contribution >= 4 is 17.2 Å². The standard InChI is InChI=1S/C10H14N2O2S/c1-13-6-3-7-14-10-8(9(11)15)4-2-5-12-10/h2,4-5H,3,6-7H2,1H3,(H2,11,15). The lowest BCUT2D eigenvalue weighted by atomic mass is 10.3. The Hall–Kier alpha value is -1.20. The number of hydrogen-bond donors (Lipinski definition) is 1. The predicted octanol–water partition coefficient (Wildman–Crippen LogP) is 1.13. The molecule has 0 amide bonds. The van der Waals surface area contributed by atoms with Crippen molar-refractivity contribution in [2.45, 2.75) is 6.42 Å². The van der Waals surface area contributed by atoms with Gasteiger partial charge in [0.25, 0.3) is 0 Å². The van der Waals surface area contributed by atoms with Crippen LogP contribution in [0.15, 0.2) is 18.3 Å². The van der Waals surface area contributed by atoms with E-state index in [0.29, 0.717) is 29.6 Å². The predicted molar refractivity (Wildman–Crippen MR) is 62.1 cm³/mol. The number of rotatable bonds is 6. The zero-order valence-electron chi connectivity index (χ0n) is 8.60. The summed E-state index contributed by atoms with van der Waals surface area (Å²) in [7, 11) is 1.65. The van der Waals surface area contributed by atoms with Crippen LogP contribution in [0.25, 0.3) is 0 Å². The van der Waals surface area contributed by atoms with Crippen LogP contribution in [0.3, 0.4) is 0 Å². The molecule has 0 fully saturated rings. The number of hydrogen-bond acceptors (Lipinski definition) is 4. The molecule has 4 nitrogen and oxygen atoms in total. The highest BCUT2D eigenvalue weighted by atomic mass is 32.1. The number of thiocarbonyl (C=S) groups is 1. The molecule has 0 aromatic carbocycles. The van der Waals surface area contributed by atoms with Crippen LogP contribution in [-0.4, -0.2) is 30.3 Å². The van der Waals surface area contributed by atoms with Gasteiger partial charge in [-0.05, 0) is 12.1 Å². The Morgan fingerprint density at radius 3 is 3.00 bits per heavy atom. The number of ether oxygens (including phenoxy) is 2. The fourth-order valence-corrected chi connectivity index (χ4v) is 1.22. The molecular weight excluding hydrogens is 212 g/mol. The molecule has 5 heteroatoms. The lowest BCUT2D eigenvalue weighted by Gasteiger charge is -2.08. The van der Waals surface area contributed by atoms with Gasteiger partial charge in [-0.2, -0.15) is 0 Å². The average molecular weight is 226 g/mol. The van der Waals surface area contributed by atoms with Crippen molar-refractivity contribution in [2.75, 3.05) is 20.3 Å². The van der Waals surface area contributed by atoms with Crippen LogP contribution in [0.4, 0.5) is 0 Å². The Labute approximate surface area is 94.4 Å². The third kappa shape index (κ3) is 3.81. The van der Waals surface area contributed by atoms with E-state index in [4.69, 9.17) is 27.4 Å². The Balaban J connectivity index is 2.56. The molecule has 1 heterocycles. The first-order chi connectivity index (χ1) is 7.25. The summed E-state index contributed by atoms with van der Waals surface area (Å²) < 4.78 is 10.3. The van der Waals surface area contributed by atoms with Gasteiger partial charge < -0.3 is 15.2 Å². The number of pyridine rings is 1. The minimum Gasteiger partial charge on any atom is -0.477 e. The van der Waals surface area contributed by atoms with E-state index in [1.807, 2.05) is 0 Å². The summed E-state index contributed by atoms with van der Waals surface area (Å²) in [5, 5.41) is 0. The maximum atomic E-state index is 5.53. The van der Waals surface area contributed by atoms with Crippen LogP contribution in [0, 0.1) is 0 Å². The molecule has 2 N–H and O–H groups in total. The summed E-state index contributed by atoms with van der Waals surface area (Å²) in [6, 6.07) is 3.57. The van der Waals surface area contributed by atoms with E-state index < -0.39 is 0 Å². The van der Waals surface area contributed by atoms with E-state index in [0.717, 1.165) is 6.42 Å². The molecule has 0 unspecified atom stereocenters. The van der Waals surface area contributed by atoms with Crippen molar-refractivity contribution in [2.24, 2.45) is 5.73 Å². The van der Waals surface area contributed by atoms with Crippen LogP contribution in [0.5, 0.6) is 5.88 Å². The summed E-state index contributed by atoms with van der Waals surface area (Å²) >= 11 is 4.88. The highest BCUT2D eigenvalue weighted by Gasteiger charge is 2.06. The van der Waals surface area contributed by atoms with Gasteiger partial charge >= 0.3 is 0 Å². The lowest BCUT2D eigenvalue weighted by Crippen LogP contribution is -2.13. The van der Waals surface area contributed by atoms with Gasteiger partial charge in [0.2, 0.25) is 5.88 Å². The first-order valence-corrected chi connectivity index (χ1v) is 5.03. The van der Waals surface area contributed by atoms with Crippen molar-refractivity contribution in [1.29, 1.82) is 0 Å². The monoisotopic (exact) mass is 226 g/mol. The van der Waals surface area contributed by atoms with Gasteiger partial charge in [0.15, 0.2) is 0 Å². The van der Waals surface area contributed by atoms with Crippen molar-refractivity contribution in [3.8, 4) is 5.88 Å². The SMILES string of the molecule is COCCCOc1ncccc1C(N)=S. The molecule has 0 aliphatic heterocycles. The summed E-state index contributed by atoms with van der Waals surface area (Å²) in [6.45, 7) is 1.20. The minimum absolute atomic E-state index is 0.296. The zero-order valence-corrected chi connectivity index (χ0v) is 9.42. The summed E-state index contributed by atoms with van der Waals surface area (Å²) in [5.74, 6) is 0.487. The normalized spacial score (nSPS) is 9.93. The molecule has 1 aromatic rings. The molecule has 0 radical (unpaired) electrons. The number of methoxy groups -OCH3 is 1. The summed E-state index contributed by atoms with van der Waals surface area (Å²) in [6.07, 6.45) is 2.46. The maximum absolute atomic E-state index is 5.53. The molecule has 0 saturated heterocycles. The molecule has 82 valence electrons. The molecule has 15 heavy (non-hydrogen) atoms. The Morgan fingerprint density at radius 1 is 1.53 bits per heavy atom. The second-order valence-corrected chi connectivity index (χ2v) is 3.36. The van der Waals surface area contributed by atoms with Gasteiger partial charge in [-0.25, -0.2) is 4.98 Å². The molecule has 0 spiro atoms. The van der Waals surface area contributed by atoms with E-state index in [2.05, 4.69) is 4.98 Å². The molecule has 0 saturated carbocycles. The molecule has 0 aliphatic rings. The second kappa shape index (κ2) is 6.31. The molecule has 1 rings (SSSR count). The number of nitrogens with zero attached hydrogens (tertiary/aromatic N) is 1. The fraction of sp³-hybridized carbons (Fsp3) is 0.400. The average Bonchev–Trinajstić information content (AvgIpc) is 2.25. The quantitative estimate of drug-likeness (QED) is 0.582. The van der Waals surface area contributed by atoms with E-state index >= 15 is 0 Å². The fourth-order valence-electron chi connectivity index (χ4n) is 1.07. The van der Waals surface area contributed by atoms with Gasteiger partial charge in [0, 0.05) is 26.3 Å². The van der Waals surface area contributed by atoms with E-state index in [-0.39, 0.29) is 0 Å². The van der Waals surface area contributed by atoms with Crippen molar-refractivity contribution in [3.05, 3.63) is 23.9 Å². The summed E-state index contributed by atoms with van der Waals surface area (Å²) in [5.41, 5.74) is 6.20. The van der Waals surface area contributed by atoms with Gasteiger partial charge in [-0.1, -0.05) is 12.2 Å². The Bertz CT molecular complexity index is 331. The first kappa shape index (κ1) is 11.9. The third-order valence-corrected chi connectivity index (χ3v) is 1.99. The van der Waals surface area contributed by atoms with Crippen molar-refractivity contribution in [1.82, 2.24) is 4.98 Å². The van der Waals surface area contributed by atoms with Gasteiger partial charge in [0.1, 0.15) is 4.99 Å². The van der Waals surface area contributed by atoms with Crippen LogP contribution < -0.4 is 10.5 Å².